The summed E-state index contributed by atoms with van der Waals surface area (Å²) in [5.41, 5.74) is 15.4. The van der Waals surface area contributed by atoms with E-state index in [2.05, 4.69) is 220 Å². The Morgan fingerprint density at radius 1 is 0.237 bits per heavy atom. The van der Waals surface area contributed by atoms with E-state index in [1.54, 1.807) is 0 Å². The number of benzene rings is 11. The Kier molecular flexibility index (Phi) is 7.38. The van der Waals surface area contributed by atoms with Crippen LogP contribution >= 0.6 is 0 Å². The summed E-state index contributed by atoms with van der Waals surface area (Å²) in [6.45, 7) is 4.75. The molecule has 0 aromatic heterocycles. The second kappa shape index (κ2) is 12.9. The Balaban J connectivity index is 0.864. The molecule has 0 bridgehead atoms. The van der Waals surface area contributed by atoms with Gasteiger partial charge in [-0.2, -0.15) is 0 Å². The van der Waals surface area contributed by atoms with E-state index in [9.17, 15) is 0 Å². The van der Waals surface area contributed by atoms with Crippen LogP contribution in [0.15, 0.2) is 206 Å². The molecule has 276 valence electrons. The van der Waals surface area contributed by atoms with Crippen LogP contribution in [0.25, 0.3) is 109 Å². The van der Waals surface area contributed by atoms with E-state index in [0.29, 0.717) is 0 Å². The van der Waals surface area contributed by atoms with E-state index in [-0.39, 0.29) is 5.41 Å². The molecule has 0 unspecified atom stereocenters. The predicted molar refractivity (Wildman–Crippen MR) is 253 cm³/mol. The number of hydrogen-bond donors (Lipinski definition) is 0. The molecule has 0 saturated heterocycles. The molecule has 0 fully saturated rings. The van der Waals surface area contributed by atoms with Crippen molar-refractivity contribution in [2.24, 2.45) is 0 Å². The molecule has 0 heteroatoms. The standard InChI is InChI=1S/C59H40/c1-59(2)57-35-46(37-10-4-3-5-11-37)25-28-54(57)55-29-26-47(36-58(55)59)42-23-22-39-30-41(21-20-40(39)31-42)43-18-16-38-17-19-44(33-48(38)32-43)45-24-27-53-51-14-7-6-12-49(51)50-13-8-9-15-52(50)56(53)34-45/h3-36H,1-2H3. The summed E-state index contributed by atoms with van der Waals surface area (Å²) in [5.74, 6) is 0. The molecule has 0 atom stereocenters. The van der Waals surface area contributed by atoms with Gasteiger partial charge >= 0.3 is 0 Å². The van der Waals surface area contributed by atoms with Gasteiger partial charge in [-0.3, -0.25) is 0 Å². The Morgan fingerprint density at radius 2 is 0.593 bits per heavy atom. The fourth-order valence-electron chi connectivity index (χ4n) is 10.0. The summed E-state index contributed by atoms with van der Waals surface area (Å²) in [6.07, 6.45) is 0. The molecule has 0 spiro atoms. The molecular formula is C59H40. The van der Waals surface area contributed by atoms with Crippen LogP contribution in [0.5, 0.6) is 0 Å². The molecule has 0 aliphatic heterocycles. The van der Waals surface area contributed by atoms with Crippen LogP contribution in [-0.2, 0) is 5.41 Å². The monoisotopic (exact) mass is 748 g/mol. The van der Waals surface area contributed by atoms with E-state index in [1.165, 1.54) is 121 Å². The average molecular weight is 749 g/mol. The minimum absolute atomic E-state index is 0.0858. The first-order valence-corrected chi connectivity index (χ1v) is 20.7. The van der Waals surface area contributed by atoms with Gasteiger partial charge in [0.15, 0.2) is 0 Å². The van der Waals surface area contributed by atoms with Crippen LogP contribution in [-0.4, -0.2) is 0 Å². The van der Waals surface area contributed by atoms with Gasteiger partial charge in [-0.05, 0) is 163 Å². The third kappa shape index (κ3) is 5.37. The Morgan fingerprint density at radius 3 is 1.12 bits per heavy atom. The maximum atomic E-state index is 2.43. The maximum absolute atomic E-state index is 2.43. The van der Waals surface area contributed by atoms with Crippen molar-refractivity contribution in [3.63, 3.8) is 0 Å². The Hall–Kier alpha value is -7.28. The van der Waals surface area contributed by atoms with Gasteiger partial charge in [-0.25, -0.2) is 0 Å². The van der Waals surface area contributed by atoms with Crippen molar-refractivity contribution in [1.82, 2.24) is 0 Å². The van der Waals surface area contributed by atoms with E-state index in [1.807, 2.05) is 0 Å². The van der Waals surface area contributed by atoms with Crippen molar-refractivity contribution in [1.29, 1.82) is 0 Å². The zero-order chi connectivity index (χ0) is 39.2. The van der Waals surface area contributed by atoms with Gasteiger partial charge in [0.25, 0.3) is 0 Å². The zero-order valence-electron chi connectivity index (χ0n) is 33.1. The van der Waals surface area contributed by atoms with Gasteiger partial charge in [0.05, 0.1) is 0 Å². The first kappa shape index (κ1) is 33.8. The lowest BCUT2D eigenvalue weighted by molar-refractivity contribution is 0.661. The highest BCUT2D eigenvalue weighted by Crippen LogP contribution is 2.51. The number of hydrogen-bond acceptors (Lipinski definition) is 0. The molecule has 11 aromatic rings. The molecule has 0 saturated carbocycles. The summed E-state index contributed by atoms with van der Waals surface area (Å²) in [4.78, 5) is 0. The smallest absolute Gasteiger partial charge is 0.0159 e. The first-order chi connectivity index (χ1) is 29.0. The molecule has 0 amide bonds. The Labute approximate surface area is 344 Å². The number of rotatable bonds is 4. The molecule has 0 heterocycles. The van der Waals surface area contributed by atoms with Crippen LogP contribution in [0.2, 0.25) is 0 Å². The van der Waals surface area contributed by atoms with E-state index >= 15 is 0 Å². The minimum Gasteiger partial charge on any atom is -0.0622 e. The van der Waals surface area contributed by atoms with Gasteiger partial charge in [0, 0.05) is 5.41 Å². The van der Waals surface area contributed by atoms with Crippen LogP contribution in [0.1, 0.15) is 25.0 Å². The lowest BCUT2D eigenvalue weighted by Gasteiger charge is -2.22. The summed E-state index contributed by atoms with van der Waals surface area (Å²) in [5, 5.41) is 12.8. The van der Waals surface area contributed by atoms with Gasteiger partial charge in [-0.15, -0.1) is 0 Å². The molecular weight excluding hydrogens is 709 g/mol. The lowest BCUT2D eigenvalue weighted by atomic mass is 9.81. The topological polar surface area (TPSA) is 0 Å². The number of fused-ring (bicyclic) bond motifs is 11. The fourth-order valence-corrected chi connectivity index (χ4v) is 10.0. The summed E-state index contributed by atoms with van der Waals surface area (Å²) >= 11 is 0. The van der Waals surface area contributed by atoms with Gasteiger partial charge in [0.2, 0.25) is 0 Å². The van der Waals surface area contributed by atoms with E-state index in [0.717, 1.165) is 0 Å². The van der Waals surface area contributed by atoms with Crippen molar-refractivity contribution in [2.45, 2.75) is 19.3 Å². The lowest BCUT2D eigenvalue weighted by Crippen LogP contribution is -2.15. The molecule has 11 aromatic carbocycles. The van der Waals surface area contributed by atoms with Gasteiger partial charge in [0.1, 0.15) is 0 Å². The normalized spacial score (nSPS) is 13.1. The molecule has 12 rings (SSSR count). The Bertz CT molecular complexity index is 3480. The predicted octanol–water partition coefficient (Wildman–Crippen LogP) is 16.4. The van der Waals surface area contributed by atoms with Gasteiger partial charge in [-0.1, -0.05) is 178 Å². The van der Waals surface area contributed by atoms with Crippen molar-refractivity contribution < 1.29 is 0 Å². The third-order valence-electron chi connectivity index (χ3n) is 13.2. The largest absolute Gasteiger partial charge is 0.0622 e. The SMILES string of the molecule is CC1(C)c2cc(-c3ccccc3)ccc2-c2ccc(-c3ccc4cc(-c5ccc6ccc(-c7ccc8c9ccccc9c9ccccc9c8c7)cc6c5)ccc4c3)cc21. The highest BCUT2D eigenvalue weighted by atomic mass is 14.4. The van der Waals surface area contributed by atoms with Crippen molar-refractivity contribution >= 4 is 53.9 Å². The second-order valence-electron chi connectivity index (χ2n) is 16.9. The van der Waals surface area contributed by atoms with Crippen molar-refractivity contribution in [3.05, 3.63) is 217 Å². The molecule has 0 radical (unpaired) electrons. The second-order valence-corrected chi connectivity index (χ2v) is 16.9. The summed E-state index contributed by atoms with van der Waals surface area (Å²) < 4.78 is 0. The zero-order valence-corrected chi connectivity index (χ0v) is 33.1. The molecule has 59 heavy (non-hydrogen) atoms. The molecule has 1 aliphatic rings. The highest BCUT2D eigenvalue weighted by molar-refractivity contribution is 6.25. The van der Waals surface area contributed by atoms with Crippen LogP contribution in [0.3, 0.4) is 0 Å². The van der Waals surface area contributed by atoms with Crippen molar-refractivity contribution in [3.8, 4) is 55.6 Å². The highest BCUT2D eigenvalue weighted by Gasteiger charge is 2.36. The summed E-state index contributed by atoms with van der Waals surface area (Å²) in [7, 11) is 0. The van der Waals surface area contributed by atoms with E-state index < -0.39 is 0 Å². The van der Waals surface area contributed by atoms with Crippen LogP contribution in [0, 0.1) is 0 Å². The van der Waals surface area contributed by atoms with Gasteiger partial charge < -0.3 is 0 Å². The maximum Gasteiger partial charge on any atom is 0.0159 e. The third-order valence-corrected chi connectivity index (χ3v) is 13.2. The van der Waals surface area contributed by atoms with E-state index in [4.69, 9.17) is 0 Å². The average Bonchev–Trinajstić information content (AvgIpc) is 3.53. The molecule has 0 N–H and O–H groups in total. The van der Waals surface area contributed by atoms with Crippen LogP contribution in [0.4, 0.5) is 0 Å². The molecule has 0 nitrogen and oxygen atoms in total. The first-order valence-electron chi connectivity index (χ1n) is 20.7. The minimum atomic E-state index is -0.0858. The summed E-state index contributed by atoms with van der Waals surface area (Å²) in [6, 6.07) is 77.0. The van der Waals surface area contributed by atoms with Crippen LogP contribution < -0.4 is 0 Å². The van der Waals surface area contributed by atoms with Crippen molar-refractivity contribution in [2.75, 3.05) is 0 Å². The quantitative estimate of drug-likeness (QED) is 0.157. The fraction of sp³-hybridized carbons (Fsp3) is 0.0508. The molecule has 1 aliphatic carbocycles.